The maximum atomic E-state index is 11.9. The fourth-order valence-corrected chi connectivity index (χ4v) is 4.14. The summed E-state index contributed by atoms with van der Waals surface area (Å²) in [5, 5.41) is 0. The maximum absolute atomic E-state index is 11.9. The first-order valence-corrected chi connectivity index (χ1v) is 13.0. The molecule has 2 heterocycles. The van der Waals surface area contributed by atoms with E-state index in [-0.39, 0.29) is 42.7 Å². The van der Waals surface area contributed by atoms with Gasteiger partial charge in [0.1, 0.15) is 50.0 Å². The van der Waals surface area contributed by atoms with Crippen LogP contribution in [0.2, 0.25) is 0 Å². The molecule has 8 nitrogen and oxygen atoms in total. The number of ether oxygens (including phenoxy) is 4. The lowest BCUT2D eigenvalue weighted by atomic mass is 9.78. The molecule has 200 valence electrons. The zero-order valence-electron chi connectivity index (χ0n) is 22.3. The van der Waals surface area contributed by atoms with Gasteiger partial charge in [0.2, 0.25) is 0 Å². The van der Waals surface area contributed by atoms with E-state index < -0.39 is 0 Å². The lowest BCUT2D eigenvalue weighted by Gasteiger charge is -2.26. The highest BCUT2D eigenvalue weighted by Crippen LogP contribution is 2.33. The second-order valence-electron chi connectivity index (χ2n) is 10.1. The number of rotatable bonds is 14. The Bertz CT molecular complexity index is 962. The van der Waals surface area contributed by atoms with E-state index in [1.165, 1.54) is 0 Å². The molecule has 8 heteroatoms. The van der Waals surface area contributed by atoms with Crippen LogP contribution in [0.3, 0.4) is 0 Å². The number of carbonyl (C=O) groups excluding carboxylic acids is 2. The van der Waals surface area contributed by atoms with E-state index >= 15 is 0 Å². The normalized spacial score (nSPS) is 17.0. The van der Waals surface area contributed by atoms with E-state index in [9.17, 15) is 9.59 Å². The lowest BCUT2D eigenvalue weighted by molar-refractivity contribution is -0.148. The van der Waals surface area contributed by atoms with Gasteiger partial charge in [0.05, 0.1) is 0 Å². The Hall–Kier alpha value is -3.10. The Morgan fingerprint density at radius 2 is 1.03 bits per heavy atom. The molecular formula is C29H38N2O6. The fraction of sp³-hybridized carbons (Fsp3) is 0.517. The maximum Gasteiger partial charge on any atom is 0.323 e. The quantitative estimate of drug-likeness (QED) is 0.218. The van der Waals surface area contributed by atoms with Crippen LogP contribution in [0.25, 0.3) is 0 Å². The lowest BCUT2D eigenvalue weighted by Crippen LogP contribution is -2.29. The number of esters is 2. The molecule has 2 fully saturated rings. The van der Waals surface area contributed by atoms with Crippen LogP contribution in [0, 0.1) is 0 Å². The smallest absolute Gasteiger partial charge is 0.323 e. The average Bonchev–Trinajstić information content (AvgIpc) is 3.82. The molecule has 0 saturated carbocycles. The zero-order valence-corrected chi connectivity index (χ0v) is 22.3. The standard InChI is InChI=1S/C29H38N2O6/c1-21(30-13-14-30)27(32)36-19-17-34-25-9-5-23(6-10-25)29(3,4)24-7-11-26(12-8-24)35-18-20-37-28(33)22(2)31-15-16-31/h5-12,21-22H,13-20H2,1-4H3. The topological polar surface area (TPSA) is 77.1 Å². The molecule has 0 aromatic heterocycles. The van der Waals surface area contributed by atoms with Crippen molar-refractivity contribution in [2.75, 3.05) is 52.6 Å². The number of hydrogen-bond acceptors (Lipinski definition) is 8. The van der Waals surface area contributed by atoms with Crippen molar-refractivity contribution in [3.63, 3.8) is 0 Å². The van der Waals surface area contributed by atoms with E-state index in [0.717, 1.165) is 48.8 Å². The van der Waals surface area contributed by atoms with Crippen LogP contribution in [-0.4, -0.2) is 86.4 Å². The predicted molar refractivity (Wildman–Crippen MR) is 140 cm³/mol. The minimum atomic E-state index is -0.218. The third-order valence-electron chi connectivity index (χ3n) is 7.09. The van der Waals surface area contributed by atoms with E-state index in [4.69, 9.17) is 18.9 Å². The molecule has 0 aliphatic carbocycles. The van der Waals surface area contributed by atoms with Crippen molar-refractivity contribution in [2.24, 2.45) is 0 Å². The highest BCUT2D eigenvalue weighted by Gasteiger charge is 2.31. The molecule has 4 rings (SSSR count). The van der Waals surface area contributed by atoms with Crippen molar-refractivity contribution in [1.29, 1.82) is 0 Å². The average molecular weight is 511 g/mol. The minimum Gasteiger partial charge on any atom is -0.490 e. The van der Waals surface area contributed by atoms with Crippen molar-refractivity contribution >= 4 is 11.9 Å². The largest absolute Gasteiger partial charge is 0.490 e. The minimum absolute atomic E-state index is 0.175. The van der Waals surface area contributed by atoms with Crippen molar-refractivity contribution < 1.29 is 28.5 Å². The Labute approximate surface area is 219 Å². The van der Waals surface area contributed by atoms with Crippen LogP contribution in [-0.2, 0) is 24.5 Å². The van der Waals surface area contributed by atoms with E-state index in [1.54, 1.807) is 0 Å². The van der Waals surface area contributed by atoms with Gasteiger partial charge in [-0.25, -0.2) is 0 Å². The molecule has 2 aliphatic heterocycles. The van der Waals surface area contributed by atoms with Gasteiger partial charge in [0, 0.05) is 31.6 Å². The van der Waals surface area contributed by atoms with Gasteiger partial charge < -0.3 is 18.9 Å². The van der Waals surface area contributed by atoms with Gasteiger partial charge in [0.25, 0.3) is 0 Å². The second-order valence-corrected chi connectivity index (χ2v) is 10.1. The Morgan fingerprint density at radius 1 is 0.676 bits per heavy atom. The summed E-state index contributed by atoms with van der Waals surface area (Å²) in [6.07, 6.45) is 0. The first kappa shape index (κ1) is 26.9. The third kappa shape index (κ3) is 7.46. The summed E-state index contributed by atoms with van der Waals surface area (Å²) >= 11 is 0. The summed E-state index contributed by atoms with van der Waals surface area (Å²) in [5.41, 5.74) is 2.09. The van der Waals surface area contributed by atoms with Crippen LogP contribution in [0.15, 0.2) is 48.5 Å². The molecule has 0 bridgehead atoms. The number of benzene rings is 2. The molecular weight excluding hydrogens is 472 g/mol. The van der Waals surface area contributed by atoms with Crippen LogP contribution >= 0.6 is 0 Å². The summed E-state index contributed by atoms with van der Waals surface area (Å²) in [5.74, 6) is 1.08. The van der Waals surface area contributed by atoms with E-state index in [2.05, 4.69) is 47.9 Å². The highest BCUT2D eigenvalue weighted by atomic mass is 16.6. The Balaban J connectivity index is 1.20. The molecule has 0 N–H and O–H groups in total. The molecule has 2 atom stereocenters. The number of hydrogen-bond donors (Lipinski definition) is 0. The Morgan fingerprint density at radius 3 is 1.35 bits per heavy atom. The molecule has 0 radical (unpaired) electrons. The van der Waals surface area contributed by atoms with Crippen molar-refractivity contribution in [2.45, 2.75) is 45.2 Å². The predicted octanol–water partition coefficient (Wildman–Crippen LogP) is 3.26. The van der Waals surface area contributed by atoms with Gasteiger partial charge in [-0.05, 0) is 49.2 Å². The second kappa shape index (κ2) is 12.0. The number of carbonyl (C=O) groups is 2. The summed E-state index contributed by atoms with van der Waals surface area (Å²) in [6, 6.07) is 15.6. The summed E-state index contributed by atoms with van der Waals surface area (Å²) < 4.78 is 22.1. The van der Waals surface area contributed by atoms with Crippen molar-refractivity contribution in [1.82, 2.24) is 9.80 Å². The molecule has 37 heavy (non-hydrogen) atoms. The van der Waals surface area contributed by atoms with Gasteiger partial charge in [0.15, 0.2) is 0 Å². The van der Waals surface area contributed by atoms with Crippen LogP contribution in [0.4, 0.5) is 0 Å². The zero-order chi connectivity index (χ0) is 26.4. The third-order valence-corrected chi connectivity index (χ3v) is 7.09. The van der Waals surface area contributed by atoms with Crippen LogP contribution < -0.4 is 9.47 Å². The first-order valence-electron chi connectivity index (χ1n) is 13.0. The van der Waals surface area contributed by atoms with Crippen molar-refractivity contribution in [3.8, 4) is 11.5 Å². The number of nitrogens with zero attached hydrogens (tertiary/aromatic N) is 2. The summed E-state index contributed by atoms with van der Waals surface area (Å²) in [7, 11) is 0. The van der Waals surface area contributed by atoms with Crippen molar-refractivity contribution in [3.05, 3.63) is 59.7 Å². The van der Waals surface area contributed by atoms with Gasteiger partial charge in [-0.1, -0.05) is 38.1 Å². The molecule has 2 aliphatic rings. The van der Waals surface area contributed by atoms with Crippen LogP contribution in [0.5, 0.6) is 11.5 Å². The molecule has 2 aromatic carbocycles. The molecule has 2 unspecified atom stereocenters. The van der Waals surface area contributed by atoms with Gasteiger partial charge >= 0.3 is 11.9 Å². The van der Waals surface area contributed by atoms with Gasteiger partial charge in [-0.15, -0.1) is 0 Å². The van der Waals surface area contributed by atoms with Gasteiger partial charge in [-0.3, -0.25) is 19.4 Å². The molecule has 2 aromatic rings. The summed E-state index contributed by atoms with van der Waals surface area (Å²) in [4.78, 5) is 28.0. The van der Waals surface area contributed by atoms with E-state index in [0.29, 0.717) is 13.2 Å². The highest BCUT2D eigenvalue weighted by molar-refractivity contribution is 5.76. The van der Waals surface area contributed by atoms with Crippen LogP contribution in [0.1, 0.15) is 38.8 Å². The molecule has 0 amide bonds. The fourth-order valence-electron chi connectivity index (χ4n) is 4.14. The van der Waals surface area contributed by atoms with Gasteiger partial charge in [-0.2, -0.15) is 0 Å². The summed E-state index contributed by atoms with van der Waals surface area (Å²) in [6.45, 7) is 13.0. The SMILES string of the molecule is CC(C(=O)OCCOc1ccc(C(C)(C)c2ccc(OCCOC(=O)C(C)N3CC3)cc2)cc1)N1CC1. The Kier molecular flexibility index (Phi) is 8.71. The monoisotopic (exact) mass is 510 g/mol. The first-order chi connectivity index (χ1) is 17.8. The molecule has 2 saturated heterocycles. The van der Waals surface area contributed by atoms with E-state index in [1.807, 2.05) is 38.1 Å². The molecule has 0 spiro atoms.